The number of benzene rings is 1. The van der Waals surface area contributed by atoms with E-state index in [1.54, 1.807) is 0 Å². The van der Waals surface area contributed by atoms with E-state index in [0.717, 1.165) is 17.3 Å². The normalized spacial score (nSPS) is 15.1. The van der Waals surface area contributed by atoms with Crippen LogP contribution in [-0.2, 0) is 0 Å². The van der Waals surface area contributed by atoms with E-state index in [4.69, 9.17) is 17.5 Å². The lowest BCUT2D eigenvalue weighted by Crippen LogP contribution is -2.44. The summed E-state index contributed by atoms with van der Waals surface area (Å²) >= 11 is 5.66. The third kappa shape index (κ3) is 4.71. The predicted octanol–water partition coefficient (Wildman–Crippen LogP) is 4.69. The van der Waals surface area contributed by atoms with Crippen LogP contribution in [0.2, 0.25) is 0 Å². The number of nitrogens with one attached hydrogen (secondary N) is 1. The van der Waals surface area contributed by atoms with Crippen LogP contribution in [0.15, 0.2) is 24.3 Å². The van der Waals surface area contributed by atoms with E-state index in [1.165, 1.54) is 44.9 Å². The highest BCUT2D eigenvalue weighted by molar-refractivity contribution is 7.80. The molecule has 0 unspecified atom stereocenters. The summed E-state index contributed by atoms with van der Waals surface area (Å²) < 4.78 is 0. The summed E-state index contributed by atoms with van der Waals surface area (Å²) in [6, 6.07) is 10.2. The molecule has 0 saturated heterocycles. The van der Waals surface area contributed by atoms with E-state index >= 15 is 0 Å². The van der Waals surface area contributed by atoms with Crippen molar-refractivity contribution in [1.82, 2.24) is 4.90 Å². The molecular formula is C18H25N3S. The van der Waals surface area contributed by atoms with Gasteiger partial charge in [-0.3, -0.25) is 0 Å². The molecule has 0 atom stereocenters. The average molecular weight is 315 g/mol. The van der Waals surface area contributed by atoms with Crippen LogP contribution in [0.3, 0.4) is 0 Å². The number of hydrogen-bond donors (Lipinski definition) is 1. The lowest BCUT2D eigenvalue weighted by molar-refractivity contribution is 0.244. The van der Waals surface area contributed by atoms with Crippen LogP contribution >= 0.6 is 12.2 Å². The standard InChI is InChI=1S/C18H25N3S/c1-2-3-13-21(17-7-5-4-6-8-17)18(22)20-16-11-9-15(14-19)10-12-16/h9-12,17H,2-8,13H2,1H3,(H,20,22). The van der Waals surface area contributed by atoms with Gasteiger partial charge < -0.3 is 10.2 Å². The Balaban J connectivity index is 2.01. The van der Waals surface area contributed by atoms with E-state index < -0.39 is 0 Å². The van der Waals surface area contributed by atoms with Gasteiger partial charge in [0, 0.05) is 18.3 Å². The van der Waals surface area contributed by atoms with Gasteiger partial charge in [-0.15, -0.1) is 0 Å². The van der Waals surface area contributed by atoms with Crippen molar-refractivity contribution in [3.05, 3.63) is 29.8 Å². The average Bonchev–Trinajstić information content (AvgIpc) is 2.57. The lowest BCUT2D eigenvalue weighted by Gasteiger charge is -2.36. The van der Waals surface area contributed by atoms with Gasteiger partial charge in [-0.1, -0.05) is 32.6 Å². The first-order valence-electron chi connectivity index (χ1n) is 8.32. The summed E-state index contributed by atoms with van der Waals surface area (Å²) in [5, 5.41) is 13.0. The van der Waals surface area contributed by atoms with Crippen molar-refractivity contribution in [2.45, 2.75) is 57.9 Å². The molecule has 0 amide bonds. The Morgan fingerprint density at radius 2 is 1.95 bits per heavy atom. The van der Waals surface area contributed by atoms with E-state index in [0.29, 0.717) is 11.6 Å². The van der Waals surface area contributed by atoms with Crippen LogP contribution in [0.4, 0.5) is 5.69 Å². The molecule has 0 bridgehead atoms. The Bertz CT molecular complexity index is 512. The molecule has 0 aromatic heterocycles. The molecule has 1 N–H and O–H groups in total. The fraction of sp³-hybridized carbons (Fsp3) is 0.556. The Hall–Kier alpha value is -1.60. The summed E-state index contributed by atoms with van der Waals surface area (Å²) in [5.41, 5.74) is 1.63. The van der Waals surface area contributed by atoms with E-state index in [2.05, 4.69) is 23.2 Å². The van der Waals surface area contributed by atoms with Gasteiger partial charge in [0.2, 0.25) is 0 Å². The van der Waals surface area contributed by atoms with E-state index in [1.807, 2.05) is 24.3 Å². The van der Waals surface area contributed by atoms with Crippen LogP contribution in [0, 0.1) is 11.3 Å². The maximum atomic E-state index is 8.86. The highest BCUT2D eigenvalue weighted by Crippen LogP contribution is 2.24. The number of hydrogen-bond acceptors (Lipinski definition) is 2. The van der Waals surface area contributed by atoms with Gasteiger partial charge in [0.05, 0.1) is 11.6 Å². The maximum Gasteiger partial charge on any atom is 0.173 e. The molecule has 1 aromatic rings. The number of rotatable bonds is 5. The summed E-state index contributed by atoms with van der Waals surface area (Å²) in [5.74, 6) is 0. The third-order valence-corrected chi connectivity index (χ3v) is 4.63. The van der Waals surface area contributed by atoms with Gasteiger partial charge in [-0.25, -0.2) is 0 Å². The molecule has 0 spiro atoms. The van der Waals surface area contributed by atoms with Crippen molar-refractivity contribution in [2.75, 3.05) is 11.9 Å². The van der Waals surface area contributed by atoms with E-state index in [-0.39, 0.29) is 0 Å². The zero-order valence-corrected chi connectivity index (χ0v) is 14.2. The minimum atomic E-state index is 0.582. The molecule has 118 valence electrons. The van der Waals surface area contributed by atoms with Gasteiger partial charge in [-0.2, -0.15) is 5.26 Å². The monoisotopic (exact) mass is 315 g/mol. The van der Waals surface area contributed by atoms with Gasteiger partial charge in [0.15, 0.2) is 5.11 Å². The minimum Gasteiger partial charge on any atom is -0.346 e. The first kappa shape index (κ1) is 16.8. The molecule has 0 heterocycles. The van der Waals surface area contributed by atoms with Gasteiger partial charge >= 0.3 is 0 Å². The molecular weight excluding hydrogens is 290 g/mol. The molecule has 1 aliphatic rings. The molecule has 0 radical (unpaired) electrons. The number of anilines is 1. The first-order valence-corrected chi connectivity index (χ1v) is 8.73. The fourth-order valence-electron chi connectivity index (χ4n) is 2.99. The van der Waals surface area contributed by atoms with Crippen LogP contribution in [0.1, 0.15) is 57.4 Å². The van der Waals surface area contributed by atoms with Gasteiger partial charge in [-0.05, 0) is 55.7 Å². The SMILES string of the molecule is CCCCN(C(=S)Nc1ccc(C#N)cc1)C1CCCCC1. The summed E-state index contributed by atoms with van der Waals surface area (Å²) in [6.07, 6.45) is 8.83. The Morgan fingerprint density at radius 3 is 2.55 bits per heavy atom. The third-order valence-electron chi connectivity index (χ3n) is 4.29. The molecule has 4 heteroatoms. The van der Waals surface area contributed by atoms with Crippen LogP contribution in [0.5, 0.6) is 0 Å². The second-order valence-corrected chi connectivity index (χ2v) is 6.34. The summed E-state index contributed by atoms with van der Waals surface area (Å²) in [6.45, 7) is 3.25. The number of thiocarbonyl (C=S) groups is 1. The number of unbranched alkanes of at least 4 members (excludes halogenated alkanes) is 1. The van der Waals surface area contributed by atoms with Crippen LogP contribution in [0.25, 0.3) is 0 Å². The fourth-order valence-corrected chi connectivity index (χ4v) is 3.35. The molecule has 0 aliphatic heterocycles. The number of nitrogens with zero attached hydrogens (tertiary/aromatic N) is 2. The Labute approximate surface area is 139 Å². The minimum absolute atomic E-state index is 0.582. The highest BCUT2D eigenvalue weighted by atomic mass is 32.1. The molecule has 1 fully saturated rings. The Morgan fingerprint density at radius 1 is 1.27 bits per heavy atom. The number of nitriles is 1. The quantitative estimate of drug-likeness (QED) is 0.800. The maximum absolute atomic E-state index is 8.86. The second-order valence-electron chi connectivity index (χ2n) is 5.96. The van der Waals surface area contributed by atoms with Crippen molar-refractivity contribution in [3.8, 4) is 6.07 Å². The summed E-state index contributed by atoms with van der Waals surface area (Å²) in [4.78, 5) is 2.39. The molecule has 1 aromatic carbocycles. The van der Waals surface area contributed by atoms with Crippen molar-refractivity contribution in [3.63, 3.8) is 0 Å². The largest absolute Gasteiger partial charge is 0.346 e. The van der Waals surface area contributed by atoms with Crippen LogP contribution < -0.4 is 5.32 Å². The van der Waals surface area contributed by atoms with Crippen LogP contribution in [-0.4, -0.2) is 22.6 Å². The molecule has 3 nitrogen and oxygen atoms in total. The zero-order chi connectivity index (χ0) is 15.8. The zero-order valence-electron chi connectivity index (χ0n) is 13.3. The first-order chi connectivity index (χ1) is 10.7. The van der Waals surface area contributed by atoms with E-state index in [9.17, 15) is 0 Å². The predicted molar refractivity (Wildman–Crippen MR) is 95.9 cm³/mol. The van der Waals surface area contributed by atoms with Crippen molar-refractivity contribution < 1.29 is 0 Å². The van der Waals surface area contributed by atoms with Gasteiger partial charge in [0.1, 0.15) is 0 Å². The molecule has 1 aliphatic carbocycles. The lowest BCUT2D eigenvalue weighted by atomic mass is 9.94. The van der Waals surface area contributed by atoms with Crippen molar-refractivity contribution in [2.24, 2.45) is 0 Å². The topological polar surface area (TPSA) is 39.1 Å². The smallest absolute Gasteiger partial charge is 0.173 e. The highest BCUT2D eigenvalue weighted by Gasteiger charge is 2.22. The Kier molecular flexibility index (Phi) is 6.67. The van der Waals surface area contributed by atoms with Crippen molar-refractivity contribution in [1.29, 1.82) is 5.26 Å². The van der Waals surface area contributed by atoms with Crippen molar-refractivity contribution >= 4 is 23.0 Å². The molecule has 1 saturated carbocycles. The summed E-state index contributed by atoms with van der Waals surface area (Å²) in [7, 11) is 0. The van der Waals surface area contributed by atoms with Gasteiger partial charge in [0.25, 0.3) is 0 Å². The molecule has 22 heavy (non-hydrogen) atoms. The molecule has 2 rings (SSSR count). The second kappa shape index (κ2) is 8.75.